The van der Waals surface area contributed by atoms with Crippen molar-refractivity contribution in [3.63, 3.8) is 0 Å². The minimum atomic E-state index is -0.207. The molecule has 0 spiro atoms. The van der Waals surface area contributed by atoms with E-state index in [0.717, 1.165) is 41.5 Å². The number of halogens is 1. The normalized spacial score (nSPS) is 28.8. The van der Waals surface area contributed by atoms with Gasteiger partial charge in [0.25, 0.3) is 0 Å². The molecule has 0 amide bonds. The Morgan fingerprint density at radius 2 is 1.95 bits per heavy atom. The third-order valence-corrected chi connectivity index (χ3v) is 4.72. The summed E-state index contributed by atoms with van der Waals surface area (Å²) < 4.78 is 13.5. The van der Waals surface area contributed by atoms with E-state index in [9.17, 15) is 4.39 Å². The number of pyridine rings is 1. The quantitative estimate of drug-likeness (QED) is 0.882. The standard InChI is InChI=1S/C16H18FN3/c17-12-1-2-15-14(7-12)16(3-4-19-15)20-13-5-10-8-18-9-11(10)6-13/h1-4,7,10-11,13,18H,5-6,8-9H2,(H,19,20). The second-order valence-electron chi connectivity index (χ2n) is 6.01. The van der Waals surface area contributed by atoms with E-state index < -0.39 is 0 Å². The molecule has 1 aromatic heterocycles. The lowest BCUT2D eigenvalue weighted by molar-refractivity contribution is 0.494. The molecule has 2 fully saturated rings. The van der Waals surface area contributed by atoms with E-state index in [-0.39, 0.29) is 5.82 Å². The molecule has 2 aromatic rings. The highest BCUT2D eigenvalue weighted by Gasteiger charge is 2.37. The maximum atomic E-state index is 13.5. The molecule has 1 saturated heterocycles. The SMILES string of the molecule is Fc1ccc2nccc(NC3CC4CNCC4C3)c2c1. The Balaban J connectivity index is 1.61. The first kappa shape index (κ1) is 12.1. The van der Waals surface area contributed by atoms with Gasteiger partial charge in [-0.1, -0.05) is 0 Å². The minimum Gasteiger partial charge on any atom is -0.382 e. The largest absolute Gasteiger partial charge is 0.382 e. The summed E-state index contributed by atoms with van der Waals surface area (Å²) in [7, 11) is 0. The Morgan fingerprint density at radius 3 is 2.75 bits per heavy atom. The van der Waals surface area contributed by atoms with Crippen LogP contribution in [0.1, 0.15) is 12.8 Å². The van der Waals surface area contributed by atoms with E-state index in [2.05, 4.69) is 15.6 Å². The number of aromatic nitrogens is 1. The number of nitrogens with zero attached hydrogens (tertiary/aromatic N) is 1. The van der Waals surface area contributed by atoms with Crippen LogP contribution in [0, 0.1) is 17.7 Å². The summed E-state index contributed by atoms with van der Waals surface area (Å²) in [5.41, 5.74) is 1.85. The van der Waals surface area contributed by atoms with Gasteiger partial charge in [0.1, 0.15) is 5.82 Å². The molecule has 4 heteroatoms. The van der Waals surface area contributed by atoms with E-state index >= 15 is 0 Å². The molecule has 2 heterocycles. The molecule has 1 aliphatic carbocycles. The number of hydrogen-bond acceptors (Lipinski definition) is 3. The number of rotatable bonds is 2. The van der Waals surface area contributed by atoms with Gasteiger partial charge in [0, 0.05) is 23.3 Å². The van der Waals surface area contributed by atoms with Crippen molar-refractivity contribution < 1.29 is 4.39 Å². The van der Waals surface area contributed by atoms with Crippen molar-refractivity contribution in [3.05, 3.63) is 36.3 Å². The molecule has 4 rings (SSSR count). The Morgan fingerprint density at radius 1 is 1.15 bits per heavy atom. The lowest BCUT2D eigenvalue weighted by atomic mass is 10.0. The van der Waals surface area contributed by atoms with Gasteiger partial charge in [0.2, 0.25) is 0 Å². The molecule has 2 atom stereocenters. The average molecular weight is 271 g/mol. The third-order valence-electron chi connectivity index (χ3n) is 4.72. The van der Waals surface area contributed by atoms with E-state index in [1.165, 1.54) is 18.9 Å². The number of fused-ring (bicyclic) bond motifs is 2. The summed E-state index contributed by atoms with van der Waals surface area (Å²) in [6.07, 6.45) is 4.20. The molecule has 20 heavy (non-hydrogen) atoms. The summed E-state index contributed by atoms with van der Waals surface area (Å²) in [5.74, 6) is 1.40. The van der Waals surface area contributed by atoms with Gasteiger partial charge in [0.05, 0.1) is 5.52 Å². The zero-order chi connectivity index (χ0) is 13.5. The monoisotopic (exact) mass is 271 g/mol. The van der Waals surface area contributed by atoms with Crippen molar-refractivity contribution in [1.82, 2.24) is 10.3 Å². The van der Waals surface area contributed by atoms with Gasteiger partial charge < -0.3 is 10.6 Å². The van der Waals surface area contributed by atoms with Crippen molar-refractivity contribution in [2.75, 3.05) is 18.4 Å². The predicted octanol–water partition coefficient (Wildman–Crippen LogP) is 2.78. The molecule has 2 N–H and O–H groups in total. The van der Waals surface area contributed by atoms with Crippen LogP contribution < -0.4 is 10.6 Å². The summed E-state index contributed by atoms with van der Waals surface area (Å²) >= 11 is 0. The minimum absolute atomic E-state index is 0.207. The van der Waals surface area contributed by atoms with E-state index in [1.807, 2.05) is 6.07 Å². The Hall–Kier alpha value is -1.68. The first-order valence-corrected chi connectivity index (χ1v) is 7.31. The first-order valence-electron chi connectivity index (χ1n) is 7.31. The average Bonchev–Trinajstić information content (AvgIpc) is 3.00. The molecular weight excluding hydrogens is 253 g/mol. The summed E-state index contributed by atoms with van der Waals surface area (Å²) in [5, 5.41) is 7.94. The van der Waals surface area contributed by atoms with Crippen LogP contribution >= 0.6 is 0 Å². The number of benzene rings is 1. The van der Waals surface area contributed by atoms with Crippen molar-refractivity contribution in [1.29, 1.82) is 0 Å². The van der Waals surface area contributed by atoms with Crippen molar-refractivity contribution >= 4 is 16.6 Å². The van der Waals surface area contributed by atoms with Gasteiger partial charge in [-0.25, -0.2) is 4.39 Å². The highest BCUT2D eigenvalue weighted by atomic mass is 19.1. The van der Waals surface area contributed by atoms with E-state index in [0.29, 0.717) is 6.04 Å². The topological polar surface area (TPSA) is 37.0 Å². The fraction of sp³-hybridized carbons (Fsp3) is 0.438. The van der Waals surface area contributed by atoms with Crippen LogP contribution in [0.4, 0.5) is 10.1 Å². The van der Waals surface area contributed by atoms with Crippen LogP contribution in [-0.4, -0.2) is 24.1 Å². The second kappa shape index (κ2) is 4.70. The lowest BCUT2D eigenvalue weighted by Crippen LogP contribution is -2.20. The van der Waals surface area contributed by atoms with E-state index in [4.69, 9.17) is 0 Å². The molecule has 3 nitrogen and oxygen atoms in total. The van der Waals surface area contributed by atoms with Crippen molar-refractivity contribution in [2.45, 2.75) is 18.9 Å². The smallest absolute Gasteiger partial charge is 0.124 e. The molecule has 2 aliphatic rings. The zero-order valence-corrected chi connectivity index (χ0v) is 11.3. The highest BCUT2D eigenvalue weighted by Crippen LogP contribution is 2.36. The van der Waals surface area contributed by atoms with Gasteiger partial charge in [-0.3, -0.25) is 4.98 Å². The van der Waals surface area contributed by atoms with E-state index in [1.54, 1.807) is 18.3 Å². The maximum absolute atomic E-state index is 13.5. The second-order valence-corrected chi connectivity index (χ2v) is 6.01. The van der Waals surface area contributed by atoms with Crippen LogP contribution in [-0.2, 0) is 0 Å². The number of hydrogen-bond donors (Lipinski definition) is 2. The maximum Gasteiger partial charge on any atom is 0.124 e. The molecule has 2 unspecified atom stereocenters. The predicted molar refractivity (Wildman–Crippen MR) is 78.2 cm³/mol. The van der Waals surface area contributed by atoms with Crippen LogP contribution in [0.2, 0.25) is 0 Å². The van der Waals surface area contributed by atoms with Gasteiger partial charge in [-0.15, -0.1) is 0 Å². The van der Waals surface area contributed by atoms with Crippen LogP contribution in [0.5, 0.6) is 0 Å². The summed E-state index contributed by atoms with van der Waals surface area (Å²) in [6, 6.07) is 7.23. The highest BCUT2D eigenvalue weighted by molar-refractivity contribution is 5.91. The molecule has 0 radical (unpaired) electrons. The van der Waals surface area contributed by atoms with Crippen LogP contribution in [0.15, 0.2) is 30.5 Å². The van der Waals surface area contributed by atoms with Crippen molar-refractivity contribution in [3.8, 4) is 0 Å². The van der Waals surface area contributed by atoms with Crippen molar-refractivity contribution in [2.24, 2.45) is 11.8 Å². The summed E-state index contributed by atoms with van der Waals surface area (Å²) in [4.78, 5) is 4.30. The third kappa shape index (κ3) is 2.04. The van der Waals surface area contributed by atoms with Crippen LogP contribution in [0.25, 0.3) is 10.9 Å². The fourth-order valence-electron chi connectivity index (χ4n) is 3.75. The van der Waals surface area contributed by atoms with Gasteiger partial charge in [-0.05, 0) is 62.0 Å². The van der Waals surface area contributed by atoms with Gasteiger partial charge in [0.15, 0.2) is 0 Å². The molecule has 1 aliphatic heterocycles. The van der Waals surface area contributed by atoms with Gasteiger partial charge in [-0.2, -0.15) is 0 Å². The molecule has 1 aromatic carbocycles. The Labute approximate surface area is 117 Å². The Kier molecular flexibility index (Phi) is 2.84. The number of nitrogens with one attached hydrogen (secondary N) is 2. The van der Waals surface area contributed by atoms with Crippen LogP contribution in [0.3, 0.4) is 0 Å². The first-order chi connectivity index (χ1) is 9.79. The van der Waals surface area contributed by atoms with Gasteiger partial charge >= 0.3 is 0 Å². The molecule has 1 saturated carbocycles. The molecule has 104 valence electrons. The zero-order valence-electron chi connectivity index (χ0n) is 11.3. The Bertz CT molecular complexity index is 631. The fourth-order valence-corrected chi connectivity index (χ4v) is 3.75. The molecular formula is C16H18FN3. The lowest BCUT2D eigenvalue weighted by Gasteiger charge is -2.17. The molecule has 0 bridgehead atoms. The number of anilines is 1. The summed E-state index contributed by atoms with van der Waals surface area (Å²) in [6.45, 7) is 2.29.